The molecule has 0 N–H and O–H groups in total. The van der Waals surface area contributed by atoms with E-state index >= 15 is 0 Å². The average Bonchev–Trinajstić information content (AvgIpc) is 2.83. The number of carbonyl (C=O) groups is 1. The van der Waals surface area contributed by atoms with E-state index in [1.54, 1.807) is 0 Å². The van der Waals surface area contributed by atoms with E-state index in [-0.39, 0.29) is 5.92 Å². The Hall–Kier alpha value is -1.81. The van der Waals surface area contributed by atoms with Crippen LogP contribution in [0, 0.1) is 29.1 Å². The zero-order valence-corrected chi connectivity index (χ0v) is 9.81. The van der Waals surface area contributed by atoms with Gasteiger partial charge in [-0.3, -0.25) is 4.79 Å². The standard InChI is InChI=1S/C16H14O/c1-16(11-10-12-6-3-2-4-7-12)14-9-5-8-13(14)15(16)17/h2-7,9,13-14H,8H2,1H3/t13-,14+,16-/m1/s1. The lowest BCUT2D eigenvalue weighted by molar-refractivity contribution is -0.144. The van der Waals surface area contributed by atoms with E-state index < -0.39 is 5.41 Å². The van der Waals surface area contributed by atoms with Crippen LogP contribution >= 0.6 is 0 Å². The number of rotatable bonds is 0. The quantitative estimate of drug-likeness (QED) is 0.487. The molecule has 0 saturated heterocycles. The van der Waals surface area contributed by atoms with Crippen LogP contribution in [0.5, 0.6) is 0 Å². The third-order valence-corrected chi connectivity index (χ3v) is 3.92. The van der Waals surface area contributed by atoms with E-state index in [9.17, 15) is 4.79 Å². The number of fused-ring (bicyclic) bond motifs is 1. The lowest BCUT2D eigenvalue weighted by Gasteiger charge is -2.44. The van der Waals surface area contributed by atoms with Gasteiger partial charge < -0.3 is 0 Å². The number of benzene rings is 1. The number of hydrogen-bond donors (Lipinski definition) is 0. The van der Waals surface area contributed by atoms with Gasteiger partial charge in [-0.1, -0.05) is 42.2 Å². The second-order valence-electron chi connectivity index (χ2n) is 4.98. The Morgan fingerprint density at radius 1 is 1.29 bits per heavy atom. The third kappa shape index (κ3) is 1.45. The first-order chi connectivity index (χ1) is 8.22. The van der Waals surface area contributed by atoms with Crippen molar-refractivity contribution >= 4 is 5.78 Å². The first-order valence-electron chi connectivity index (χ1n) is 6.01. The Bertz CT molecular complexity index is 544. The fourth-order valence-corrected chi connectivity index (χ4v) is 2.84. The van der Waals surface area contributed by atoms with Crippen LogP contribution in [-0.4, -0.2) is 5.78 Å². The molecule has 0 radical (unpaired) electrons. The monoisotopic (exact) mass is 222 g/mol. The summed E-state index contributed by atoms with van der Waals surface area (Å²) in [5.41, 5.74) is 0.528. The summed E-state index contributed by atoms with van der Waals surface area (Å²) < 4.78 is 0. The molecule has 0 spiro atoms. The summed E-state index contributed by atoms with van der Waals surface area (Å²) in [4.78, 5) is 12.0. The van der Waals surface area contributed by atoms with Gasteiger partial charge in [0.05, 0.1) is 5.41 Å². The van der Waals surface area contributed by atoms with Crippen molar-refractivity contribution in [2.45, 2.75) is 13.3 Å². The molecule has 3 atom stereocenters. The fraction of sp³-hybridized carbons (Fsp3) is 0.312. The van der Waals surface area contributed by atoms with Crippen molar-refractivity contribution in [1.82, 2.24) is 0 Å². The normalized spacial score (nSPS) is 33.6. The summed E-state index contributed by atoms with van der Waals surface area (Å²) in [5, 5.41) is 0. The smallest absolute Gasteiger partial charge is 0.155 e. The Morgan fingerprint density at radius 3 is 2.82 bits per heavy atom. The van der Waals surface area contributed by atoms with Crippen LogP contribution in [0.15, 0.2) is 42.5 Å². The Balaban J connectivity index is 1.89. The van der Waals surface area contributed by atoms with Crippen molar-refractivity contribution < 1.29 is 4.79 Å². The van der Waals surface area contributed by atoms with Crippen LogP contribution in [0.25, 0.3) is 0 Å². The molecule has 0 unspecified atom stereocenters. The van der Waals surface area contributed by atoms with Crippen molar-refractivity contribution in [2.24, 2.45) is 17.3 Å². The van der Waals surface area contributed by atoms with Gasteiger partial charge in [-0.2, -0.15) is 0 Å². The first kappa shape index (κ1) is 10.4. The van der Waals surface area contributed by atoms with Crippen molar-refractivity contribution in [2.75, 3.05) is 0 Å². The largest absolute Gasteiger partial charge is 0.298 e. The van der Waals surface area contributed by atoms with E-state index in [1.165, 1.54) is 0 Å². The van der Waals surface area contributed by atoms with E-state index in [1.807, 2.05) is 37.3 Å². The molecule has 17 heavy (non-hydrogen) atoms. The highest BCUT2D eigenvalue weighted by Crippen LogP contribution is 2.52. The molecule has 1 fully saturated rings. The van der Waals surface area contributed by atoms with E-state index in [0.717, 1.165) is 12.0 Å². The van der Waals surface area contributed by atoms with Crippen LogP contribution in [0.4, 0.5) is 0 Å². The van der Waals surface area contributed by atoms with Gasteiger partial charge in [0.15, 0.2) is 5.78 Å². The second-order valence-corrected chi connectivity index (χ2v) is 4.98. The zero-order chi connectivity index (χ0) is 11.9. The van der Waals surface area contributed by atoms with Crippen molar-refractivity contribution in [1.29, 1.82) is 0 Å². The Morgan fingerprint density at radius 2 is 2.06 bits per heavy atom. The van der Waals surface area contributed by atoms with Gasteiger partial charge in [-0.05, 0) is 25.5 Å². The summed E-state index contributed by atoms with van der Waals surface area (Å²) >= 11 is 0. The van der Waals surface area contributed by atoms with Crippen molar-refractivity contribution in [3.05, 3.63) is 48.0 Å². The van der Waals surface area contributed by atoms with Gasteiger partial charge in [0.25, 0.3) is 0 Å². The molecule has 0 amide bonds. The van der Waals surface area contributed by atoms with Crippen LogP contribution in [0.2, 0.25) is 0 Å². The molecule has 1 aromatic rings. The lowest BCUT2D eigenvalue weighted by Crippen LogP contribution is -2.52. The van der Waals surface area contributed by atoms with Crippen LogP contribution in [-0.2, 0) is 4.79 Å². The minimum absolute atomic E-state index is 0.213. The topological polar surface area (TPSA) is 17.1 Å². The molecular weight excluding hydrogens is 208 g/mol. The van der Waals surface area contributed by atoms with Crippen molar-refractivity contribution in [3.8, 4) is 11.8 Å². The molecule has 1 heteroatoms. The van der Waals surface area contributed by atoms with Crippen LogP contribution in [0.1, 0.15) is 18.9 Å². The number of ketones is 1. The molecular formula is C16H14O. The molecule has 1 saturated carbocycles. The van der Waals surface area contributed by atoms with Crippen LogP contribution in [0.3, 0.4) is 0 Å². The highest BCUT2D eigenvalue weighted by molar-refractivity contribution is 5.98. The summed E-state index contributed by atoms with van der Waals surface area (Å²) in [7, 11) is 0. The molecule has 84 valence electrons. The predicted octanol–water partition coefficient (Wildman–Crippen LogP) is 2.82. The molecule has 1 aromatic carbocycles. The van der Waals surface area contributed by atoms with Gasteiger partial charge in [-0.15, -0.1) is 0 Å². The SMILES string of the molecule is C[C@]1(C#Cc2ccccc2)C(=O)[C@@H]2CC=C[C@@H]21. The minimum Gasteiger partial charge on any atom is -0.298 e. The highest BCUT2D eigenvalue weighted by Gasteiger charge is 2.57. The lowest BCUT2D eigenvalue weighted by atomic mass is 9.55. The summed E-state index contributed by atoms with van der Waals surface area (Å²) in [6.07, 6.45) is 5.18. The van der Waals surface area contributed by atoms with Crippen molar-refractivity contribution in [3.63, 3.8) is 0 Å². The number of carbonyl (C=O) groups excluding carboxylic acids is 1. The second kappa shape index (κ2) is 3.60. The highest BCUT2D eigenvalue weighted by atomic mass is 16.1. The molecule has 2 aliphatic rings. The Labute approximate surface area is 102 Å². The molecule has 2 aliphatic carbocycles. The van der Waals surface area contributed by atoms with Gasteiger partial charge in [-0.25, -0.2) is 0 Å². The number of Topliss-reactive ketones (excluding diaryl/α,β-unsaturated/α-hetero) is 1. The molecule has 0 heterocycles. The maximum atomic E-state index is 12.0. The summed E-state index contributed by atoms with van der Waals surface area (Å²) in [6, 6.07) is 9.85. The summed E-state index contributed by atoms with van der Waals surface area (Å²) in [5.74, 6) is 7.18. The maximum Gasteiger partial charge on any atom is 0.155 e. The average molecular weight is 222 g/mol. The Kier molecular flexibility index (Phi) is 2.19. The van der Waals surface area contributed by atoms with E-state index in [0.29, 0.717) is 11.7 Å². The van der Waals surface area contributed by atoms with Gasteiger partial charge >= 0.3 is 0 Å². The van der Waals surface area contributed by atoms with E-state index in [4.69, 9.17) is 0 Å². The van der Waals surface area contributed by atoms with E-state index in [2.05, 4.69) is 24.0 Å². The van der Waals surface area contributed by atoms with Crippen LogP contribution < -0.4 is 0 Å². The summed E-state index contributed by atoms with van der Waals surface area (Å²) in [6.45, 7) is 1.97. The molecule has 0 aromatic heterocycles. The zero-order valence-electron chi connectivity index (χ0n) is 9.81. The maximum absolute atomic E-state index is 12.0. The third-order valence-electron chi connectivity index (χ3n) is 3.92. The minimum atomic E-state index is -0.451. The van der Waals surface area contributed by atoms with Gasteiger partial charge in [0, 0.05) is 17.4 Å². The first-order valence-corrected chi connectivity index (χ1v) is 6.01. The number of allylic oxidation sites excluding steroid dienone is 2. The molecule has 3 rings (SSSR count). The molecule has 0 aliphatic heterocycles. The van der Waals surface area contributed by atoms with Gasteiger partial charge in [0.1, 0.15) is 0 Å². The molecule has 1 nitrogen and oxygen atoms in total. The molecule has 0 bridgehead atoms. The fourth-order valence-electron chi connectivity index (χ4n) is 2.84. The predicted molar refractivity (Wildman–Crippen MR) is 67.2 cm³/mol. The van der Waals surface area contributed by atoms with Gasteiger partial charge in [0.2, 0.25) is 0 Å². The number of hydrogen-bond acceptors (Lipinski definition) is 1.